The maximum atomic E-state index is 4.53. The molecule has 0 amide bonds. The van der Waals surface area contributed by atoms with E-state index in [0.29, 0.717) is 0 Å². The fraction of sp³-hybridized carbons (Fsp3) is 0.769. The molecule has 1 heterocycles. The molecule has 16 heavy (non-hydrogen) atoms. The van der Waals surface area contributed by atoms with E-state index in [1.54, 1.807) is 0 Å². The lowest BCUT2D eigenvalue weighted by Gasteiger charge is -2.22. The zero-order valence-corrected chi connectivity index (χ0v) is 11.1. The first-order valence-corrected chi connectivity index (χ1v) is 7.22. The van der Waals surface area contributed by atoms with Crippen LogP contribution in [0.5, 0.6) is 0 Å². The van der Waals surface area contributed by atoms with Crippen molar-refractivity contribution in [2.75, 3.05) is 6.54 Å². The second kappa shape index (κ2) is 5.78. The zero-order chi connectivity index (χ0) is 11.4. The van der Waals surface area contributed by atoms with E-state index in [1.165, 1.54) is 35.6 Å². The Bertz CT molecular complexity index is 315. The number of hydrogen-bond donors (Lipinski definition) is 1. The van der Waals surface area contributed by atoms with Crippen LogP contribution in [0.4, 0.5) is 0 Å². The van der Waals surface area contributed by atoms with E-state index in [1.807, 2.05) is 11.3 Å². The number of nitrogens with one attached hydrogen (secondary N) is 1. The molecule has 1 aromatic rings. The summed E-state index contributed by atoms with van der Waals surface area (Å²) in [5.74, 6) is 1.58. The van der Waals surface area contributed by atoms with Gasteiger partial charge in [-0.05, 0) is 31.7 Å². The first-order valence-electron chi connectivity index (χ1n) is 6.41. The molecule has 0 atom stereocenters. The van der Waals surface area contributed by atoms with Gasteiger partial charge in [0, 0.05) is 23.5 Å². The first-order chi connectivity index (χ1) is 7.75. The summed E-state index contributed by atoms with van der Waals surface area (Å²) in [6.07, 6.45) is 7.42. The van der Waals surface area contributed by atoms with Crippen LogP contribution in [0.15, 0.2) is 6.20 Å². The van der Waals surface area contributed by atoms with Crippen LogP contribution in [0.25, 0.3) is 0 Å². The number of thiazole rings is 1. The molecule has 3 heteroatoms. The highest BCUT2D eigenvalue weighted by atomic mass is 32.1. The van der Waals surface area contributed by atoms with Gasteiger partial charge in [0.05, 0.1) is 5.01 Å². The third-order valence-electron chi connectivity index (χ3n) is 3.22. The smallest absolute Gasteiger partial charge is 0.0959 e. The molecule has 2 rings (SSSR count). The summed E-state index contributed by atoms with van der Waals surface area (Å²) in [7, 11) is 0. The van der Waals surface area contributed by atoms with Crippen LogP contribution in [0.3, 0.4) is 0 Å². The summed E-state index contributed by atoms with van der Waals surface area (Å²) in [4.78, 5) is 5.92. The highest BCUT2D eigenvalue weighted by Crippen LogP contribution is 2.38. The van der Waals surface area contributed by atoms with E-state index in [-0.39, 0.29) is 0 Å². The van der Waals surface area contributed by atoms with Gasteiger partial charge in [0.25, 0.3) is 0 Å². The predicted octanol–water partition coefficient (Wildman–Crippen LogP) is 3.55. The van der Waals surface area contributed by atoms with Crippen LogP contribution in [0.2, 0.25) is 0 Å². The maximum Gasteiger partial charge on any atom is 0.0959 e. The highest BCUT2D eigenvalue weighted by Gasteiger charge is 2.22. The van der Waals surface area contributed by atoms with Crippen LogP contribution >= 0.6 is 11.3 Å². The molecule has 0 radical (unpaired) electrons. The van der Waals surface area contributed by atoms with Crippen molar-refractivity contribution in [2.45, 2.75) is 52.0 Å². The molecule has 0 aliphatic heterocycles. The average molecular weight is 238 g/mol. The molecule has 0 spiro atoms. The number of nitrogens with zero attached hydrogens (tertiary/aromatic N) is 1. The fourth-order valence-electron chi connectivity index (χ4n) is 1.85. The van der Waals surface area contributed by atoms with Crippen molar-refractivity contribution < 1.29 is 0 Å². The van der Waals surface area contributed by atoms with Crippen molar-refractivity contribution in [1.29, 1.82) is 0 Å². The van der Waals surface area contributed by atoms with Crippen LogP contribution in [-0.2, 0) is 6.54 Å². The van der Waals surface area contributed by atoms with Gasteiger partial charge in [-0.2, -0.15) is 0 Å². The van der Waals surface area contributed by atoms with E-state index >= 15 is 0 Å². The van der Waals surface area contributed by atoms with Crippen LogP contribution in [-0.4, -0.2) is 11.5 Å². The minimum Gasteiger partial charge on any atom is -0.312 e. The molecule has 0 saturated heterocycles. The largest absolute Gasteiger partial charge is 0.312 e. The molecule has 1 aromatic heterocycles. The third-order valence-corrected chi connectivity index (χ3v) is 4.38. The Hall–Kier alpha value is -0.410. The lowest BCUT2D eigenvalue weighted by molar-refractivity contribution is 0.418. The van der Waals surface area contributed by atoms with Gasteiger partial charge in [-0.15, -0.1) is 11.3 Å². The SMILES string of the molecule is CC(C)CCNCc1cnc(C2CCC2)s1. The number of hydrogen-bond acceptors (Lipinski definition) is 3. The van der Waals surface area contributed by atoms with Gasteiger partial charge in [0.1, 0.15) is 0 Å². The Kier molecular flexibility index (Phi) is 4.36. The Morgan fingerprint density at radius 3 is 2.94 bits per heavy atom. The summed E-state index contributed by atoms with van der Waals surface area (Å²) in [6.45, 7) is 6.65. The zero-order valence-electron chi connectivity index (χ0n) is 10.3. The average Bonchev–Trinajstić information content (AvgIpc) is 2.58. The Balaban J connectivity index is 1.70. The summed E-state index contributed by atoms with van der Waals surface area (Å²) >= 11 is 1.90. The second-order valence-electron chi connectivity index (χ2n) is 5.15. The van der Waals surface area contributed by atoms with Gasteiger partial charge in [-0.1, -0.05) is 20.3 Å². The fourth-order valence-corrected chi connectivity index (χ4v) is 2.91. The molecule has 90 valence electrons. The molecular weight excluding hydrogens is 216 g/mol. The summed E-state index contributed by atoms with van der Waals surface area (Å²) in [5.41, 5.74) is 0. The van der Waals surface area contributed by atoms with Crippen molar-refractivity contribution in [2.24, 2.45) is 5.92 Å². The van der Waals surface area contributed by atoms with Crippen LogP contribution in [0.1, 0.15) is 55.3 Å². The van der Waals surface area contributed by atoms with Crippen molar-refractivity contribution in [1.82, 2.24) is 10.3 Å². The maximum absolute atomic E-state index is 4.53. The van der Waals surface area contributed by atoms with E-state index in [4.69, 9.17) is 0 Å². The quantitative estimate of drug-likeness (QED) is 0.767. The molecule has 1 aliphatic rings. The second-order valence-corrected chi connectivity index (χ2v) is 6.30. The molecule has 0 bridgehead atoms. The summed E-state index contributed by atoms with van der Waals surface area (Å²) in [5, 5.41) is 4.86. The van der Waals surface area contributed by atoms with Gasteiger partial charge < -0.3 is 5.32 Å². The Morgan fingerprint density at radius 2 is 2.31 bits per heavy atom. The predicted molar refractivity (Wildman–Crippen MR) is 69.9 cm³/mol. The Labute approximate surface area is 102 Å². The first kappa shape index (κ1) is 12.1. The molecule has 0 unspecified atom stereocenters. The van der Waals surface area contributed by atoms with Crippen LogP contribution in [0, 0.1) is 5.92 Å². The van der Waals surface area contributed by atoms with Crippen molar-refractivity contribution >= 4 is 11.3 Å². The van der Waals surface area contributed by atoms with Gasteiger partial charge in [-0.25, -0.2) is 4.98 Å². The number of rotatable bonds is 6. The van der Waals surface area contributed by atoms with Gasteiger partial charge >= 0.3 is 0 Å². The molecule has 1 fully saturated rings. The molecule has 2 nitrogen and oxygen atoms in total. The summed E-state index contributed by atoms with van der Waals surface area (Å²) < 4.78 is 0. The standard InChI is InChI=1S/C13H22N2S/c1-10(2)6-7-14-8-12-9-15-13(16-12)11-4-3-5-11/h9-11,14H,3-8H2,1-2H3. The van der Waals surface area contributed by atoms with Crippen molar-refractivity contribution in [3.63, 3.8) is 0 Å². The minimum atomic E-state index is 0.786. The molecule has 1 aliphatic carbocycles. The Morgan fingerprint density at radius 1 is 1.50 bits per heavy atom. The topological polar surface area (TPSA) is 24.9 Å². The monoisotopic (exact) mass is 238 g/mol. The van der Waals surface area contributed by atoms with E-state index in [0.717, 1.165) is 24.9 Å². The summed E-state index contributed by atoms with van der Waals surface area (Å²) in [6, 6.07) is 0. The molecule has 0 aromatic carbocycles. The van der Waals surface area contributed by atoms with E-state index in [9.17, 15) is 0 Å². The van der Waals surface area contributed by atoms with Gasteiger partial charge in [-0.3, -0.25) is 0 Å². The van der Waals surface area contributed by atoms with Gasteiger partial charge in [0.15, 0.2) is 0 Å². The molecule has 1 N–H and O–H groups in total. The highest BCUT2D eigenvalue weighted by molar-refractivity contribution is 7.11. The lowest BCUT2D eigenvalue weighted by atomic mass is 9.86. The normalized spacial score (nSPS) is 16.7. The van der Waals surface area contributed by atoms with E-state index in [2.05, 4.69) is 30.3 Å². The minimum absolute atomic E-state index is 0.786. The number of aromatic nitrogens is 1. The van der Waals surface area contributed by atoms with Crippen molar-refractivity contribution in [3.8, 4) is 0 Å². The van der Waals surface area contributed by atoms with E-state index < -0.39 is 0 Å². The van der Waals surface area contributed by atoms with Crippen molar-refractivity contribution in [3.05, 3.63) is 16.1 Å². The third kappa shape index (κ3) is 3.29. The van der Waals surface area contributed by atoms with Crippen LogP contribution < -0.4 is 5.32 Å². The molecular formula is C13H22N2S. The lowest BCUT2D eigenvalue weighted by Crippen LogP contribution is -2.15. The molecule has 1 saturated carbocycles. The van der Waals surface area contributed by atoms with Gasteiger partial charge in [0.2, 0.25) is 0 Å².